The number of alkyl halides is 1. The highest BCUT2D eigenvalue weighted by Crippen LogP contribution is 2.62. The minimum Gasteiger partial charge on any atom is -0.489 e. The van der Waals surface area contributed by atoms with Crippen LogP contribution < -0.4 is 4.74 Å². The van der Waals surface area contributed by atoms with Gasteiger partial charge in [-0.3, -0.25) is 9.59 Å². The van der Waals surface area contributed by atoms with Crippen molar-refractivity contribution in [3.05, 3.63) is 101 Å². The zero-order valence-electron chi connectivity index (χ0n) is 27.6. The summed E-state index contributed by atoms with van der Waals surface area (Å²) in [6.07, 6.45) is 7.79. The predicted molar refractivity (Wildman–Crippen MR) is 182 cm³/mol. The number of amides is 1. The molecule has 0 spiro atoms. The van der Waals surface area contributed by atoms with Gasteiger partial charge in [-0.15, -0.1) is 0 Å². The summed E-state index contributed by atoms with van der Waals surface area (Å²) >= 11 is 0. The summed E-state index contributed by atoms with van der Waals surface area (Å²) in [5.74, 6) is 1.72. The van der Waals surface area contributed by atoms with E-state index in [4.69, 9.17) is 4.74 Å². The summed E-state index contributed by atoms with van der Waals surface area (Å²) in [4.78, 5) is 28.6. The molecule has 46 heavy (non-hydrogen) atoms. The number of hydrogen-bond acceptors (Lipinski definition) is 3. The van der Waals surface area contributed by atoms with Crippen molar-refractivity contribution in [3.63, 3.8) is 0 Å². The molecule has 3 aliphatic rings. The van der Waals surface area contributed by atoms with Gasteiger partial charge in [-0.05, 0) is 97.2 Å². The van der Waals surface area contributed by atoms with Crippen LogP contribution in [0.2, 0.25) is 0 Å². The van der Waals surface area contributed by atoms with Crippen LogP contribution >= 0.6 is 0 Å². The average molecular weight is 624 g/mol. The summed E-state index contributed by atoms with van der Waals surface area (Å²) < 4.78 is 22.6. The van der Waals surface area contributed by atoms with Gasteiger partial charge in [-0.1, -0.05) is 87.7 Å². The first kappa shape index (κ1) is 32.5. The maximum Gasteiger partial charge on any atom is 0.253 e. The van der Waals surface area contributed by atoms with Crippen LogP contribution in [0.5, 0.6) is 5.75 Å². The first-order valence-electron chi connectivity index (χ1n) is 17.7. The number of Topliss-reactive ketones (excluding diaryl/α,β-unsaturated/α-hetero) is 1. The van der Waals surface area contributed by atoms with Crippen LogP contribution in [0.1, 0.15) is 105 Å². The van der Waals surface area contributed by atoms with Crippen molar-refractivity contribution in [2.75, 3.05) is 13.1 Å². The SMILES string of the molecule is CCCCCN(CCCC[C@@H]1Cc2cc(OCc3ccccc3)ccc2[C@@H]2[C@@H]1[C@@H]1CCC(=O)[C@@]1(C)C[C@@H]2F)C(=O)c1ccccc1. The highest BCUT2D eigenvalue weighted by Gasteiger charge is 2.60. The van der Waals surface area contributed by atoms with Crippen LogP contribution in [0.3, 0.4) is 0 Å². The van der Waals surface area contributed by atoms with Crippen LogP contribution in [-0.4, -0.2) is 35.9 Å². The van der Waals surface area contributed by atoms with Crippen molar-refractivity contribution in [1.29, 1.82) is 0 Å². The lowest BCUT2D eigenvalue weighted by molar-refractivity contribution is -0.132. The van der Waals surface area contributed by atoms with Gasteiger partial charge in [0.15, 0.2) is 0 Å². The Morgan fingerprint density at radius 3 is 2.41 bits per heavy atom. The fourth-order valence-corrected chi connectivity index (χ4v) is 9.00. The van der Waals surface area contributed by atoms with Gasteiger partial charge < -0.3 is 9.64 Å². The highest BCUT2D eigenvalue weighted by molar-refractivity contribution is 5.94. The number of carbonyl (C=O) groups excluding carboxylic acids is 2. The Morgan fingerprint density at radius 1 is 0.957 bits per heavy atom. The van der Waals surface area contributed by atoms with Gasteiger partial charge in [0.05, 0.1) is 0 Å². The van der Waals surface area contributed by atoms with E-state index in [0.29, 0.717) is 25.4 Å². The number of ketones is 1. The summed E-state index contributed by atoms with van der Waals surface area (Å²) in [5, 5.41) is 0. The summed E-state index contributed by atoms with van der Waals surface area (Å²) in [6, 6.07) is 26.0. The summed E-state index contributed by atoms with van der Waals surface area (Å²) in [7, 11) is 0. The zero-order valence-corrected chi connectivity index (χ0v) is 27.6. The van der Waals surface area contributed by atoms with Gasteiger partial charge >= 0.3 is 0 Å². The molecule has 4 nitrogen and oxygen atoms in total. The predicted octanol–water partition coefficient (Wildman–Crippen LogP) is 9.37. The minimum absolute atomic E-state index is 0.110. The lowest BCUT2D eigenvalue weighted by atomic mass is 9.51. The van der Waals surface area contributed by atoms with Gasteiger partial charge in [0, 0.05) is 36.4 Å². The molecule has 0 bridgehead atoms. The van der Waals surface area contributed by atoms with Gasteiger partial charge in [0.25, 0.3) is 5.91 Å². The number of nitrogens with zero attached hydrogens (tertiary/aromatic N) is 1. The molecule has 0 saturated heterocycles. The first-order chi connectivity index (χ1) is 22.4. The molecule has 0 radical (unpaired) electrons. The molecule has 244 valence electrons. The first-order valence-corrected chi connectivity index (χ1v) is 17.7. The van der Waals surface area contributed by atoms with Crippen LogP contribution in [0.25, 0.3) is 0 Å². The van der Waals surface area contributed by atoms with Crippen LogP contribution in [-0.2, 0) is 17.8 Å². The molecule has 1 amide bonds. The molecular formula is C41H50FNO3. The molecule has 3 aromatic carbocycles. The number of fused-ring (bicyclic) bond motifs is 5. The number of hydrogen-bond donors (Lipinski definition) is 0. The molecule has 0 heterocycles. The second-order valence-corrected chi connectivity index (χ2v) is 14.3. The van der Waals surface area contributed by atoms with Gasteiger partial charge in [0.2, 0.25) is 0 Å². The quantitative estimate of drug-likeness (QED) is 0.178. The molecule has 6 rings (SSSR count). The molecule has 2 fully saturated rings. The van der Waals surface area contributed by atoms with Crippen molar-refractivity contribution < 1.29 is 18.7 Å². The molecule has 6 atom stereocenters. The van der Waals surface area contributed by atoms with E-state index in [9.17, 15) is 9.59 Å². The van der Waals surface area contributed by atoms with Gasteiger partial charge in [-0.2, -0.15) is 0 Å². The summed E-state index contributed by atoms with van der Waals surface area (Å²) in [5.41, 5.74) is 3.64. The summed E-state index contributed by atoms with van der Waals surface area (Å²) in [6.45, 7) is 6.25. The maximum absolute atomic E-state index is 16.4. The standard InChI is InChI=1S/C41H50FNO3/c1-3-4-12-23-43(40(45)30-16-9-6-10-17-30)24-13-11-18-31-25-32-26-33(46-28-29-14-7-5-8-15-29)19-20-34(32)39-36(42)27-41(2)35(38(31)39)21-22-37(41)44/h5-10,14-17,19-20,26,31,35-36,38-39H,3-4,11-13,18,21-25,27-28H2,1-2H3/t31-,35+,36+,38+,39+,41+/m1/s1. The Hall–Kier alpha value is -3.47. The number of benzene rings is 3. The third-order valence-electron chi connectivity index (χ3n) is 11.4. The van der Waals surface area contributed by atoms with Crippen LogP contribution in [0, 0.1) is 23.2 Å². The lowest BCUT2D eigenvalue weighted by Gasteiger charge is -2.53. The molecule has 0 unspecified atom stereocenters. The maximum atomic E-state index is 16.4. The second kappa shape index (κ2) is 14.5. The Labute approximate surface area is 274 Å². The van der Waals surface area contributed by atoms with E-state index in [1.807, 2.05) is 66.4 Å². The van der Waals surface area contributed by atoms with Crippen molar-refractivity contribution in [2.45, 2.75) is 96.8 Å². The van der Waals surface area contributed by atoms with E-state index in [2.05, 4.69) is 31.2 Å². The van der Waals surface area contributed by atoms with Crippen molar-refractivity contribution in [1.82, 2.24) is 4.90 Å². The molecule has 0 aromatic heterocycles. The smallest absolute Gasteiger partial charge is 0.253 e. The van der Waals surface area contributed by atoms with Crippen molar-refractivity contribution in [3.8, 4) is 5.75 Å². The van der Waals surface area contributed by atoms with Gasteiger partial charge in [-0.25, -0.2) is 4.39 Å². The highest BCUT2D eigenvalue weighted by atomic mass is 19.1. The minimum atomic E-state index is -1.02. The third kappa shape index (κ3) is 6.80. The molecule has 0 N–H and O–H groups in total. The van der Waals surface area contributed by atoms with E-state index in [0.717, 1.165) is 86.9 Å². The van der Waals surface area contributed by atoms with E-state index >= 15 is 4.39 Å². The third-order valence-corrected chi connectivity index (χ3v) is 11.4. The van der Waals surface area contributed by atoms with E-state index in [1.165, 1.54) is 5.56 Å². The van der Waals surface area contributed by atoms with Crippen LogP contribution in [0.4, 0.5) is 4.39 Å². The van der Waals surface area contributed by atoms with E-state index in [1.54, 1.807) is 0 Å². The number of unbranched alkanes of at least 4 members (excludes halogenated alkanes) is 3. The van der Waals surface area contributed by atoms with E-state index in [-0.39, 0.29) is 29.4 Å². The fraction of sp³-hybridized carbons (Fsp3) is 0.512. The second-order valence-electron chi connectivity index (χ2n) is 14.3. The molecular weight excluding hydrogens is 573 g/mol. The zero-order chi connectivity index (χ0) is 32.1. The lowest BCUT2D eigenvalue weighted by Crippen LogP contribution is -2.50. The molecule has 3 aliphatic carbocycles. The number of ether oxygens (including phenoxy) is 1. The largest absolute Gasteiger partial charge is 0.489 e. The van der Waals surface area contributed by atoms with Gasteiger partial charge in [0.1, 0.15) is 24.3 Å². The number of carbonyl (C=O) groups is 2. The Kier molecular flexibility index (Phi) is 10.3. The number of rotatable bonds is 13. The van der Waals surface area contributed by atoms with Crippen molar-refractivity contribution in [2.24, 2.45) is 23.2 Å². The normalized spacial score (nSPS) is 26.6. The molecule has 5 heteroatoms. The van der Waals surface area contributed by atoms with Crippen LogP contribution in [0.15, 0.2) is 78.9 Å². The topological polar surface area (TPSA) is 46.6 Å². The number of halogens is 1. The molecule has 0 aliphatic heterocycles. The molecule has 2 saturated carbocycles. The fourth-order valence-electron chi connectivity index (χ4n) is 9.00. The monoisotopic (exact) mass is 623 g/mol. The molecule has 3 aromatic rings. The Morgan fingerprint density at radius 2 is 1.67 bits per heavy atom. The average Bonchev–Trinajstić information content (AvgIpc) is 3.37. The Balaban J connectivity index is 1.19. The van der Waals surface area contributed by atoms with E-state index < -0.39 is 11.6 Å². The Bertz CT molecular complexity index is 1480. The van der Waals surface area contributed by atoms with Crippen molar-refractivity contribution >= 4 is 11.7 Å².